The molecule has 28 heavy (non-hydrogen) atoms. The second-order valence-electron chi connectivity index (χ2n) is 8.25. The van der Waals surface area contributed by atoms with Gasteiger partial charge in [0.15, 0.2) is 5.96 Å². The second-order valence-corrected chi connectivity index (χ2v) is 8.25. The molecule has 1 fully saturated rings. The average Bonchev–Trinajstić information content (AvgIpc) is 2.63. The Bertz CT molecular complexity index is 679. The SMILES string of the molecule is CCNC(=NCC(=O)NC(C)(C)C)NCC1(c2cccc(F)c2)CCOCC1. The molecule has 1 aromatic carbocycles. The van der Waals surface area contributed by atoms with Crippen molar-refractivity contribution in [3.63, 3.8) is 0 Å². The highest BCUT2D eigenvalue weighted by molar-refractivity contribution is 5.85. The Kier molecular flexibility index (Phi) is 7.80. The number of nitrogens with one attached hydrogen (secondary N) is 3. The van der Waals surface area contributed by atoms with Gasteiger partial charge in [-0.25, -0.2) is 9.38 Å². The van der Waals surface area contributed by atoms with E-state index in [1.54, 1.807) is 12.1 Å². The number of hydrogen-bond donors (Lipinski definition) is 3. The quantitative estimate of drug-likeness (QED) is 0.513. The van der Waals surface area contributed by atoms with Crippen LogP contribution >= 0.6 is 0 Å². The molecule has 1 aliphatic heterocycles. The molecule has 0 saturated carbocycles. The maximum Gasteiger partial charge on any atom is 0.242 e. The van der Waals surface area contributed by atoms with Crippen LogP contribution in [0.3, 0.4) is 0 Å². The van der Waals surface area contributed by atoms with Gasteiger partial charge in [0.1, 0.15) is 12.4 Å². The third-order valence-electron chi connectivity index (χ3n) is 4.72. The summed E-state index contributed by atoms with van der Waals surface area (Å²) < 4.78 is 19.4. The zero-order valence-corrected chi connectivity index (χ0v) is 17.4. The normalized spacial score (nSPS) is 17.1. The largest absolute Gasteiger partial charge is 0.381 e. The van der Waals surface area contributed by atoms with Gasteiger partial charge in [0.25, 0.3) is 0 Å². The molecule has 0 radical (unpaired) electrons. The fourth-order valence-electron chi connectivity index (χ4n) is 3.35. The smallest absolute Gasteiger partial charge is 0.242 e. The zero-order chi connectivity index (χ0) is 20.6. The van der Waals surface area contributed by atoms with E-state index in [2.05, 4.69) is 20.9 Å². The van der Waals surface area contributed by atoms with E-state index in [1.807, 2.05) is 33.8 Å². The van der Waals surface area contributed by atoms with E-state index in [4.69, 9.17) is 4.74 Å². The highest BCUT2D eigenvalue weighted by Gasteiger charge is 2.35. The minimum absolute atomic E-state index is 0.0443. The molecule has 1 aliphatic rings. The molecule has 0 unspecified atom stereocenters. The summed E-state index contributed by atoms with van der Waals surface area (Å²) in [6, 6.07) is 6.78. The Labute approximate surface area is 167 Å². The average molecular weight is 393 g/mol. The van der Waals surface area contributed by atoms with Crippen molar-refractivity contribution in [3.05, 3.63) is 35.6 Å². The molecule has 0 aliphatic carbocycles. The highest BCUT2D eigenvalue weighted by Crippen LogP contribution is 2.34. The van der Waals surface area contributed by atoms with Gasteiger partial charge in [0.2, 0.25) is 5.91 Å². The monoisotopic (exact) mass is 392 g/mol. The Morgan fingerprint density at radius 3 is 2.57 bits per heavy atom. The number of nitrogens with zero attached hydrogens (tertiary/aromatic N) is 1. The Hall–Kier alpha value is -2.15. The first-order valence-corrected chi connectivity index (χ1v) is 9.91. The van der Waals surface area contributed by atoms with Crippen LogP contribution in [0.5, 0.6) is 0 Å². The van der Waals surface area contributed by atoms with E-state index in [-0.39, 0.29) is 29.2 Å². The van der Waals surface area contributed by atoms with Crippen LogP contribution in [0.15, 0.2) is 29.3 Å². The van der Waals surface area contributed by atoms with E-state index >= 15 is 0 Å². The molecule has 0 atom stereocenters. The number of halogens is 1. The van der Waals surface area contributed by atoms with Gasteiger partial charge in [0.05, 0.1) is 0 Å². The van der Waals surface area contributed by atoms with E-state index < -0.39 is 0 Å². The molecule has 1 heterocycles. The van der Waals surface area contributed by atoms with Gasteiger partial charge >= 0.3 is 0 Å². The highest BCUT2D eigenvalue weighted by atomic mass is 19.1. The number of amides is 1. The molecular weight excluding hydrogens is 359 g/mol. The van der Waals surface area contributed by atoms with Crippen molar-refractivity contribution < 1.29 is 13.9 Å². The van der Waals surface area contributed by atoms with Crippen molar-refractivity contribution >= 4 is 11.9 Å². The Balaban J connectivity index is 2.10. The molecule has 156 valence electrons. The Morgan fingerprint density at radius 1 is 1.25 bits per heavy atom. The van der Waals surface area contributed by atoms with Crippen molar-refractivity contribution in [2.45, 2.75) is 51.5 Å². The number of carbonyl (C=O) groups is 1. The van der Waals surface area contributed by atoms with Crippen LogP contribution in [-0.4, -0.2) is 50.3 Å². The first-order chi connectivity index (χ1) is 13.2. The molecule has 0 aromatic heterocycles. The lowest BCUT2D eigenvalue weighted by molar-refractivity contribution is -0.121. The molecule has 6 nitrogen and oxygen atoms in total. The van der Waals surface area contributed by atoms with Gasteiger partial charge in [-0.3, -0.25) is 4.79 Å². The van der Waals surface area contributed by atoms with E-state index in [9.17, 15) is 9.18 Å². The van der Waals surface area contributed by atoms with Crippen LogP contribution in [0.4, 0.5) is 4.39 Å². The standard InChI is InChI=1S/C21H33FN4O2/c1-5-23-19(24-14-18(27)26-20(2,3)4)25-15-21(9-11-28-12-10-21)16-7-6-8-17(22)13-16/h6-8,13H,5,9-12,14-15H2,1-4H3,(H,26,27)(H2,23,24,25). The lowest BCUT2D eigenvalue weighted by Gasteiger charge is -2.38. The van der Waals surface area contributed by atoms with Crippen molar-refractivity contribution in [2.75, 3.05) is 32.8 Å². The van der Waals surface area contributed by atoms with Crippen molar-refractivity contribution in [1.82, 2.24) is 16.0 Å². The maximum absolute atomic E-state index is 13.8. The number of ether oxygens (including phenoxy) is 1. The van der Waals surface area contributed by atoms with Crippen molar-refractivity contribution in [2.24, 2.45) is 4.99 Å². The van der Waals surface area contributed by atoms with E-state index in [1.165, 1.54) is 6.07 Å². The molecule has 7 heteroatoms. The number of hydrogen-bond acceptors (Lipinski definition) is 3. The molecule has 2 rings (SSSR count). The summed E-state index contributed by atoms with van der Waals surface area (Å²) in [7, 11) is 0. The molecule has 0 spiro atoms. The fraction of sp³-hybridized carbons (Fsp3) is 0.619. The molecule has 1 saturated heterocycles. The minimum Gasteiger partial charge on any atom is -0.381 e. The summed E-state index contributed by atoms with van der Waals surface area (Å²) in [4.78, 5) is 16.5. The first-order valence-electron chi connectivity index (χ1n) is 9.91. The predicted octanol–water partition coefficient (Wildman–Crippen LogP) is 2.34. The van der Waals surface area contributed by atoms with E-state index in [0.717, 1.165) is 18.4 Å². The van der Waals surface area contributed by atoms with Gasteiger partial charge in [-0.2, -0.15) is 0 Å². The summed E-state index contributed by atoms with van der Waals surface area (Å²) in [5.74, 6) is 0.215. The van der Waals surface area contributed by atoms with E-state index in [0.29, 0.717) is 32.3 Å². The molecule has 1 amide bonds. The van der Waals surface area contributed by atoms with Crippen LogP contribution in [0.1, 0.15) is 46.1 Å². The molecule has 0 bridgehead atoms. The molecule has 1 aromatic rings. The molecular formula is C21H33FN4O2. The van der Waals surface area contributed by atoms with Crippen molar-refractivity contribution in [3.8, 4) is 0 Å². The summed E-state index contributed by atoms with van der Waals surface area (Å²) in [5, 5.41) is 9.42. The van der Waals surface area contributed by atoms with Crippen molar-refractivity contribution in [1.29, 1.82) is 0 Å². The topological polar surface area (TPSA) is 74.8 Å². The lowest BCUT2D eigenvalue weighted by atomic mass is 9.74. The maximum atomic E-state index is 13.8. The Morgan fingerprint density at radius 2 is 1.96 bits per heavy atom. The molecule has 3 N–H and O–H groups in total. The number of carbonyl (C=O) groups excluding carboxylic acids is 1. The minimum atomic E-state index is -0.290. The number of guanidine groups is 1. The second kappa shape index (κ2) is 9.87. The third kappa shape index (κ3) is 6.78. The summed E-state index contributed by atoms with van der Waals surface area (Å²) in [6.07, 6.45) is 1.60. The van der Waals surface area contributed by atoms with Crippen LogP contribution in [-0.2, 0) is 14.9 Å². The predicted molar refractivity (Wildman–Crippen MR) is 110 cm³/mol. The zero-order valence-electron chi connectivity index (χ0n) is 17.4. The number of rotatable bonds is 6. The van der Waals surface area contributed by atoms with Gasteiger partial charge in [-0.1, -0.05) is 12.1 Å². The van der Waals surface area contributed by atoms with Crippen LogP contribution in [0.2, 0.25) is 0 Å². The lowest BCUT2D eigenvalue weighted by Crippen LogP contribution is -2.48. The summed E-state index contributed by atoms with van der Waals surface area (Å²) in [6.45, 7) is 10.4. The number of aliphatic imine (C=N–C) groups is 1. The van der Waals surface area contributed by atoms with Crippen LogP contribution in [0, 0.1) is 5.82 Å². The van der Waals surface area contributed by atoms with Crippen LogP contribution < -0.4 is 16.0 Å². The third-order valence-corrected chi connectivity index (χ3v) is 4.72. The summed E-state index contributed by atoms with van der Waals surface area (Å²) in [5.41, 5.74) is 0.441. The van der Waals surface area contributed by atoms with Crippen LogP contribution in [0.25, 0.3) is 0 Å². The van der Waals surface area contributed by atoms with Gasteiger partial charge in [0, 0.05) is 37.3 Å². The number of benzene rings is 1. The first kappa shape index (κ1) is 22.1. The fourth-order valence-corrected chi connectivity index (χ4v) is 3.35. The van der Waals surface area contributed by atoms with Gasteiger partial charge < -0.3 is 20.7 Å². The summed E-state index contributed by atoms with van der Waals surface area (Å²) >= 11 is 0. The van der Waals surface area contributed by atoms with Gasteiger partial charge in [-0.15, -0.1) is 0 Å². The van der Waals surface area contributed by atoms with Gasteiger partial charge in [-0.05, 0) is 58.2 Å².